The summed E-state index contributed by atoms with van der Waals surface area (Å²) in [7, 11) is 0. The van der Waals surface area contributed by atoms with Gasteiger partial charge in [-0.15, -0.1) is 0 Å². The quantitative estimate of drug-likeness (QED) is 0.206. The molecule has 9 heteroatoms. The molecule has 3 atom stereocenters. The van der Waals surface area contributed by atoms with Crippen LogP contribution in [-0.4, -0.2) is 44.5 Å². The van der Waals surface area contributed by atoms with Gasteiger partial charge in [-0.3, -0.25) is 29.3 Å². The molecule has 0 saturated carbocycles. The van der Waals surface area contributed by atoms with E-state index in [1.54, 1.807) is 24.3 Å². The number of rotatable bonds is 6. The van der Waals surface area contributed by atoms with E-state index in [0.717, 1.165) is 21.2 Å². The molecule has 0 spiro atoms. The van der Waals surface area contributed by atoms with Crippen LogP contribution in [-0.2, 0) is 9.59 Å². The first kappa shape index (κ1) is 24.0. The number of ketones is 1. The molecule has 2 aromatic rings. The highest BCUT2D eigenvalue weighted by Crippen LogP contribution is 2.39. The van der Waals surface area contributed by atoms with Gasteiger partial charge in [0.05, 0.1) is 16.8 Å². The molecule has 4 rings (SSSR count). The van der Waals surface area contributed by atoms with Crippen LogP contribution in [0.1, 0.15) is 53.0 Å². The van der Waals surface area contributed by atoms with Gasteiger partial charge in [0.2, 0.25) is 0 Å². The Morgan fingerprint density at radius 2 is 1.54 bits per heavy atom. The largest absolute Gasteiger partial charge is 0.292 e. The molecule has 0 aromatic heterocycles. The molecule has 2 aromatic carbocycles. The van der Waals surface area contributed by atoms with Crippen molar-refractivity contribution in [3.63, 3.8) is 0 Å². The van der Waals surface area contributed by atoms with Crippen molar-refractivity contribution in [3.05, 3.63) is 87.0 Å². The number of nitrogens with zero attached hydrogens (tertiary/aromatic N) is 3. The fourth-order valence-corrected chi connectivity index (χ4v) is 4.60. The summed E-state index contributed by atoms with van der Waals surface area (Å²) in [4.78, 5) is 64.2. The fourth-order valence-electron chi connectivity index (χ4n) is 4.60. The number of Topliss-reactive ketones (excluding diaryl/α,β-unsaturated/α-hetero) is 1. The number of nitro benzene ring substituents is 1. The standard InChI is InChI=1S/C26H25N3O6/c1-15-4-7-18(8-5-15)23(30)17(3)27(24(31)19-9-11-20(12-10-19)29(34)35)28-25(32)21-13-6-16(2)14-22(21)26(28)33/h4-12,17,21-22H,13-14H2,1-3H3/t17-,21+,22+/m1/s1. The Bertz CT molecular complexity index is 1250. The normalized spacial score (nSPS) is 20.2. The third-order valence-corrected chi connectivity index (χ3v) is 6.63. The molecule has 0 radical (unpaired) electrons. The van der Waals surface area contributed by atoms with E-state index in [1.807, 2.05) is 19.9 Å². The van der Waals surface area contributed by atoms with Gasteiger partial charge >= 0.3 is 0 Å². The lowest BCUT2D eigenvalue weighted by Crippen LogP contribution is -2.56. The van der Waals surface area contributed by atoms with Crippen molar-refractivity contribution < 1.29 is 24.1 Å². The number of carbonyl (C=O) groups is 4. The molecule has 0 unspecified atom stereocenters. The summed E-state index contributed by atoms with van der Waals surface area (Å²) < 4.78 is 0. The van der Waals surface area contributed by atoms with Crippen LogP contribution in [0.2, 0.25) is 0 Å². The zero-order chi connectivity index (χ0) is 25.4. The summed E-state index contributed by atoms with van der Waals surface area (Å²) in [6, 6.07) is 10.4. The smallest absolute Gasteiger partial charge is 0.273 e. The predicted octanol–water partition coefficient (Wildman–Crippen LogP) is 3.87. The van der Waals surface area contributed by atoms with Gasteiger partial charge in [0, 0.05) is 23.3 Å². The number of fused-ring (bicyclic) bond motifs is 1. The van der Waals surface area contributed by atoms with Crippen LogP contribution in [0.25, 0.3) is 0 Å². The van der Waals surface area contributed by atoms with E-state index in [4.69, 9.17) is 0 Å². The summed E-state index contributed by atoms with van der Waals surface area (Å²) in [5, 5.41) is 12.8. The zero-order valence-corrected chi connectivity index (χ0v) is 19.6. The molecule has 1 aliphatic carbocycles. The number of hydrogen-bond acceptors (Lipinski definition) is 6. The Labute approximate surface area is 202 Å². The summed E-state index contributed by atoms with van der Waals surface area (Å²) in [5.74, 6) is -3.45. The molecule has 1 saturated heterocycles. The second-order valence-electron chi connectivity index (χ2n) is 9.05. The van der Waals surface area contributed by atoms with Crippen molar-refractivity contribution in [2.75, 3.05) is 0 Å². The Kier molecular flexibility index (Phi) is 6.34. The SMILES string of the molecule is CC1=CC[C@@H]2C(=O)N(N(C(=O)c3ccc([N+](=O)[O-])cc3)[C@H](C)C(=O)c3ccc(C)cc3)C(=O)[C@H]2C1. The van der Waals surface area contributed by atoms with Crippen molar-refractivity contribution in [2.45, 2.75) is 39.7 Å². The van der Waals surface area contributed by atoms with Crippen LogP contribution < -0.4 is 0 Å². The lowest BCUT2D eigenvalue weighted by molar-refractivity contribution is -0.384. The van der Waals surface area contributed by atoms with E-state index in [0.29, 0.717) is 18.4 Å². The van der Waals surface area contributed by atoms with Crippen molar-refractivity contribution in [2.24, 2.45) is 11.8 Å². The molecule has 1 fully saturated rings. The van der Waals surface area contributed by atoms with Crippen LogP contribution in [0, 0.1) is 28.9 Å². The van der Waals surface area contributed by atoms with Crippen molar-refractivity contribution in [3.8, 4) is 0 Å². The number of hydrogen-bond donors (Lipinski definition) is 0. The number of hydrazine groups is 1. The van der Waals surface area contributed by atoms with E-state index in [-0.39, 0.29) is 11.3 Å². The molecule has 3 amide bonds. The van der Waals surface area contributed by atoms with E-state index in [1.165, 1.54) is 31.2 Å². The van der Waals surface area contributed by atoms with Crippen LogP contribution in [0.5, 0.6) is 0 Å². The van der Waals surface area contributed by atoms with E-state index in [9.17, 15) is 29.3 Å². The first-order valence-electron chi connectivity index (χ1n) is 11.3. The van der Waals surface area contributed by atoms with Crippen molar-refractivity contribution in [1.29, 1.82) is 0 Å². The van der Waals surface area contributed by atoms with E-state index >= 15 is 0 Å². The molecule has 1 aliphatic heterocycles. The highest BCUT2D eigenvalue weighted by molar-refractivity contribution is 6.10. The Morgan fingerprint density at radius 1 is 0.971 bits per heavy atom. The fraction of sp³-hybridized carbons (Fsp3) is 0.308. The third-order valence-electron chi connectivity index (χ3n) is 6.63. The average molecular weight is 476 g/mol. The van der Waals surface area contributed by atoms with Gasteiger partial charge in [-0.2, -0.15) is 5.01 Å². The topological polar surface area (TPSA) is 118 Å². The van der Waals surface area contributed by atoms with Gasteiger partial charge in [-0.05, 0) is 45.7 Å². The highest BCUT2D eigenvalue weighted by Gasteiger charge is 2.53. The summed E-state index contributed by atoms with van der Waals surface area (Å²) in [6.07, 6.45) is 2.71. The van der Waals surface area contributed by atoms with Gasteiger partial charge in [-0.25, -0.2) is 5.01 Å². The Hall–Kier alpha value is -4.14. The van der Waals surface area contributed by atoms with Gasteiger partial charge in [0.1, 0.15) is 6.04 Å². The monoisotopic (exact) mass is 475 g/mol. The van der Waals surface area contributed by atoms with Crippen LogP contribution in [0.3, 0.4) is 0 Å². The predicted molar refractivity (Wildman–Crippen MR) is 126 cm³/mol. The number of benzene rings is 2. The number of amides is 3. The van der Waals surface area contributed by atoms with Gasteiger partial charge < -0.3 is 0 Å². The minimum atomic E-state index is -1.18. The van der Waals surface area contributed by atoms with Crippen molar-refractivity contribution >= 4 is 29.2 Å². The Balaban J connectivity index is 1.74. The minimum Gasteiger partial charge on any atom is -0.292 e. The van der Waals surface area contributed by atoms with E-state index < -0.39 is 46.3 Å². The first-order chi connectivity index (χ1) is 16.6. The van der Waals surface area contributed by atoms with Crippen LogP contribution >= 0.6 is 0 Å². The zero-order valence-electron chi connectivity index (χ0n) is 19.6. The first-order valence-corrected chi connectivity index (χ1v) is 11.3. The lowest BCUT2D eigenvalue weighted by atomic mass is 9.82. The second-order valence-corrected chi connectivity index (χ2v) is 9.05. The summed E-state index contributed by atoms with van der Waals surface area (Å²) in [6.45, 7) is 5.24. The molecule has 2 aliphatic rings. The van der Waals surface area contributed by atoms with Crippen LogP contribution in [0.4, 0.5) is 5.69 Å². The van der Waals surface area contributed by atoms with Crippen molar-refractivity contribution in [1.82, 2.24) is 10.0 Å². The minimum absolute atomic E-state index is 0.0175. The molecule has 0 bridgehead atoms. The van der Waals surface area contributed by atoms with Gasteiger partial charge in [0.15, 0.2) is 5.78 Å². The molecule has 35 heavy (non-hydrogen) atoms. The molecule has 9 nitrogen and oxygen atoms in total. The number of imide groups is 1. The highest BCUT2D eigenvalue weighted by atomic mass is 16.6. The maximum absolute atomic E-state index is 13.7. The Morgan fingerprint density at radius 3 is 2.14 bits per heavy atom. The third kappa shape index (κ3) is 4.37. The lowest BCUT2D eigenvalue weighted by Gasteiger charge is -2.34. The number of carbonyl (C=O) groups excluding carboxylic acids is 4. The average Bonchev–Trinajstić information content (AvgIpc) is 3.08. The maximum Gasteiger partial charge on any atom is 0.273 e. The molecular weight excluding hydrogens is 450 g/mol. The molecule has 1 heterocycles. The summed E-state index contributed by atoms with van der Waals surface area (Å²) in [5.41, 5.74) is 2.08. The van der Waals surface area contributed by atoms with Gasteiger partial charge in [-0.1, -0.05) is 41.5 Å². The number of nitro groups is 1. The van der Waals surface area contributed by atoms with Gasteiger partial charge in [0.25, 0.3) is 23.4 Å². The van der Waals surface area contributed by atoms with E-state index in [2.05, 4.69) is 0 Å². The maximum atomic E-state index is 13.7. The number of allylic oxidation sites excluding steroid dienone is 2. The summed E-state index contributed by atoms with van der Waals surface area (Å²) >= 11 is 0. The second kappa shape index (κ2) is 9.25. The molecular formula is C26H25N3O6. The number of non-ortho nitro benzene ring substituents is 1. The molecule has 0 N–H and O–H groups in total. The molecule has 180 valence electrons. The number of aryl methyl sites for hydroxylation is 1. The van der Waals surface area contributed by atoms with Crippen LogP contribution in [0.15, 0.2) is 60.2 Å².